The minimum atomic E-state index is -3.42. The smallest absolute Gasteiger partial charge is 0.244 e. The third kappa shape index (κ3) is 3.46. The van der Waals surface area contributed by atoms with Gasteiger partial charge in [-0.1, -0.05) is 6.92 Å². The van der Waals surface area contributed by atoms with Crippen LogP contribution in [0.25, 0.3) is 0 Å². The fourth-order valence-electron chi connectivity index (χ4n) is 3.04. The van der Waals surface area contributed by atoms with Crippen molar-refractivity contribution in [2.24, 2.45) is 5.92 Å². The van der Waals surface area contributed by atoms with Gasteiger partial charge in [0.2, 0.25) is 10.0 Å². The molecule has 120 valence electrons. The number of hydrogen-bond donors (Lipinski definition) is 0. The fourth-order valence-corrected chi connectivity index (χ4v) is 4.75. The zero-order chi connectivity index (χ0) is 15.6. The summed E-state index contributed by atoms with van der Waals surface area (Å²) in [6, 6.07) is 1.82. The lowest BCUT2D eigenvalue weighted by atomic mass is 9.87. The van der Waals surface area contributed by atoms with Crippen LogP contribution in [0.3, 0.4) is 0 Å². The molecule has 1 aliphatic carbocycles. The molecule has 0 radical (unpaired) electrons. The zero-order valence-corrected chi connectivity index (χ0v) is 14.6. The second kappa shape index (κ2) is 6.71. The number of aryl methyl sites for hydroxylation is 1. The molecule has 0 amide bonds. The molecular formula is C15H25ClN2O2S. The van der Waals surface area contributed by atoms with E-state index in [4.69, 9.17) is 11.6 Å². The van der Waals surface area contributed by atoms with E-state index in [1.807, 2.05) is 11.5 Å². The second-order valence-electron chi connectivity index (χ2n) is 6.02. The first-order chi connectivity index (χ1) is 9.90. The van der Waals surface area contributed by atoms with Crippen LogP contribution >= 0.6 is 11.6 Å². The average molecular weight is 333 g/mol. The molecule has 0 aliphatic heterocycles. The van der Waals surface area contributed by atoms with Crippen LogP contribution in [0.1, 0.15) is 45.2 Å². The number of halogens is 1. The fraction of sp³-hybridized carbons (Fsp3) is 0.733. The lowest BCUT2D eigenvalue weighted by Gasteiger charge is -2.32. The first-order valence-electron chi connectivity index (χ1n) is 7.63. The standard InChI is InChI=1S/C15H25ClN2O2S/c1-4-18-11-15(9-14(18)10-16)21(19,20)17(3)13-7-5-12(2)6-8-13/h9,11-13H,4-8,10H2,1-3H3. The number of aromatic nitrogens is 1. The molecule has 0 aromatic carbocycles. The molecule has 21 heavy (non-hydrogen) atoms. The lowest BCUT2D eigenvalue weighted by molar-refractivity contribution is 0.246. The molecule has 1 fully saturated rings. The maximum Gasteiger partial charge on any atom is 0.244 e. The maximum atomic E-state index is 12.8. The van der Waals surface area contributed by atoms with Crippen molar-refractivity contribution < 1.29 is 8.42 Å². The molecule has 4 nitrogen and oxygen atoms in total. The Morgan fingerprint density at radius 1 is 1.33 bits per heavy atom. The highest BCUT2D eigenvalue weighted by molar-refractivity contribution is 7.89. The quantitative estimate of drug-likeness (QED) is 0.775. The topological polar surface area (TPSA) is 42.3 Å². The molecule has 6 heteroatoms. The zero-order valence-electron chi connectivity index (χ0n) is 13.0. The summed E-state index contributed by atoms with van der Waals surface area (Å²) >= 11 is 5.89. The summed E-state index contributed by atoms with van der Waals surface area (Å²) < 4.78 is 29.0. The van der Waals surface area contributed by atoms with Crippen LogP contribution in [0, 0.1) is 5.92 Å². The summed E-state index contributed by atoms with van der Waals surface area (Å²) in [5, 5.41) is 0. The van der Waals surface area contributed by atoms with Gasteiger partial charge in [0.25, 0.3) is 0 Å². The molecule has 1 aliphatic rings. The van der Waals surface area contributed by atoms with Gasteiger partial charge in [-0.15, -0.1) is 11.6 Å². The molecule has 1 heterocycles. The van der Waals surface area contributed by atoms with Crippen molar-refractivity contribution in [3.63, 3.8) is 0 Å². The van der Waals surface area contributed by atoms with Crippen LogP contribution in [-0.2, 0) is 22.4 Å². The molecule has 2 rings (SSSR count). The first kappa shape index (κ1) is 16.8. The first-order valence-corrected chi connectivity index (χ1v) is 9.60. The third-order valence-corrected chi connectivity index (χ3v) is 6.76. The van der Waals surface area contributed by atoms with Crippen molar-refractivity contribution in [1.29, 1.82) is 0 Å². The van der Waals surface area contributed by atoms with Gasteiger partial charge in [-0.3, -0.25) is 0 Å². The molecule has 0 atom stereocenters. The van der Waals surface area contributed by atoms with Gasteiger partial charge in [-0.25, -0.2) is 8.42 Å². The van der Waals surface area contributed by atoms with Crippen LogP contribution in [-0.4, -0.2) is 30.4 Å². The van der Waals surface area contributed by atoms with E-state index in [9.17, 15) is 8.42 Å². The summed E-state index contributed by atoms with van der Waals surface area (Å²) in [5.41, 5.74) is 0.850. The van der Waals surface area contributed by atoms with Crippen molar-refractivity contribution in [2.75, 3.05) is 7.05 Å². The van der Waals surface area contributed by atoms with Gasteiger partial charge in [0.15, 0.2) is 0 Å². The van der Waals surface area contributed by atoms with Crippen LogP contribution < -0.4 is 0 Å². The van der Waals surface area contributed by atoms with Gasteiger partial charge in [-0.05, 0) is 44.6 Å². The highest BCUT2D eigenvalue weighted by Crippen LogP contribution is 2.30. The molecule has 1 aromatic rings. The van der Waals surface area contributed by atoms with E-state index in [1.165, 1.54) is 0 Å². The summed E-state index contributed by atoms with van der Waals surface area (Å²) in [4.78, 5) is 0.362. The van der Waals surface area contributed by atoms with Crippen LogP contribution in [0.2, 0.25) is 0 Å². The van der Waals surface area contributed by atoms with Crippen molar-refractivity contribution in [2.45, 2.75) is 62.9 Å². The highest BCUT2D eigenvalue weighted by atomic mass is 35.5. The lowest BCUT2D eigenvalue weighted by Crippen LogP contribution is -2.39. The predicted molar refractivity (Wildman–Crippen MR) is 86.0 cm³/mol. The normalized spacial score (nSPS) is 23.7. The summed E-state index contributed by atoms with van der Waals surface area (Å²) in [7, 11) is -1.72. The summed E-state index contributed by atoms with van der Waals surface area (Å²) in [6.07, 6.45) is 5.82. The van der Waals surface area contributed by atoms with E-state index in [0.717, 1.165) is 37.9 Å². The number of rotatable bonds is 5. The predicted octanol–water partition coefficient (Wildman–Crippen LogP) is 3.45. The van der Waals surface area contributed by atoms with Crippen molar-refractivity contribution in [3.8, 4) is 0 Å². The van der Waals surface area contributed by atoms with Gasteiger partial charge < -0.3 is 4.57 Å². The van der Waals surface area contributed by atoms with Crippen LogP contribution in [0.5, 0.6) is 0 Å². The number of sulfonamides is 1. The van der Waals surface area contributed by atoms with Gasteiger partial charge in [0.1, 0.15) is 4.90 Å². The van der Waals surface area contributed by atoms with Gasteiger partial charge in [-0.2, -0.15) is 4.31 Å². The van der Waals surface area contributed by atoms with E-state index >= 15 is 0 Å². The molecule has 0 bridgehead atoms. The Hall–Kier alpha value is -0.520. The molecule has 0 unspecified atom stereocenters. The Balaban J connectivity index is 2.22. The second-order valence-corrected chi connectivity index (χ2v) is 8.29. The highest BCUT2D eigenvalue weighted by Gasteiger charge is 2.31. The Bertz CT molecular complexity index is 553. The Kier molecular flexibility index (Phi) is 5.38. The van der Waals surface area contributed by atoms with E-state index in [2.05, 4.69) is 6.92 Å². The average Bonchev–Trinajstić information content (AvgIpc) is 2.91. The van der Waals surface area contributed by atoms with Crippen molar-refractivity contribution >= 4 is 21.6 Å². The van der Waals surface area contributed by atoms with E-state index in [-0.39, 0.29) is 6.04 Å². The van der Waals surface area contributed by atoms with Crippen molar-refractivity contribution in [1.82, 2.24) is 8.87 Å². The number of hydrogen-bond acceptors (Lipinski definition) is 2. The van der Waals surface area contributed by atoms with E-state index < -0.39 is 10.0 Å². The molecular weight excluding hydrogens is 308 g/mol. The monoisotopic (exact) mass is 332 g/mol. The Morgan fingerprint density at radius 2 is 1.95 bits per heavy atom. The van der Waals surface area contributed by atoms with Crippen LogP contribution in [0.4, 0.5) is 0 Å². The summed E-state index contributed by atoms with van der Waals surface area (Å²) in [5.74, 6) is 1.04. The SMILES string of the molecule is CCn1cc(S(=O)(=O)N(C)C2CCC(C)CC2)cc1CCl. The van der Waals surface area contributed by atoms with E-state index in [1.54, 1.807) is 23.6 Å². The minimum Gasteiger partial charge on any atom is -0.349 e. The largest absolute Gasteiger partial charge is 0.349 e. The molecule has 0 N–H and O–H groups in total. The summed E-state index contributed by atoms with van der Waals surface area (Å²) in [6.45, 7) is 4.94. The minimum absolute atomic E-state index is 0.121. The Labute approximate surface area is 133 Å². The molecule has 1 aromatic heterocycles. The maximum absolute atomic E-state index is 12.8. The number of alkyl halides is 1. The van der Waals surface area contributed by atoms with Gasteiger partial charge in [0, 0.05) is 31.5 Å². The van der Waals surface area contributed by atoms with E-state index in [0.29, 0.717) is 16.7 Å². The van der Waals surface area contributed by atoms with Gasteiger partial charge in [0.05, 0.1) is 5.88 Å². The molecule has 0 spiro atoms. The third-order valence-electron chi connectivity index (χ3n) is 4.62. The Morgan fingerprint density at radius 3 is 2.43 bits per heavy atom. The van der Waals surface area contributed by atoms with Crippen LogP contribution in [0.15, 0.2) is 17.2 Å². The van der Waals surface area contributed by atoms with Crippen molar-refractivity contribution in [3.05, 3.63) is 18.0 Å². The molecule has 0 saturated heterocycles. The van der Waals surface area contributed by atoms with Gasteiger partial charge >= 0.3 is 0 Å². The number of nitrogens with zero attached hydrogens (tertiary/aromatic N) is 2. The molecule has 1 saturated carbocycles.